The molecule has 1 aromatic carbocycles. The van der Waals surface area contributed by atoms with E-state index in [-0.39, 0.29) is 24.4 Å². The number of amides is 1. The van der Waals surface area contributed by atoms with Gasteiger partial charge in [0.25, 0.3) is 0 Å². The second kappa shape index (κ2) is 7.65. The normalized spacial score (nSPS) is 12.2. The highest BCUT2D eigenvalue weighted by molar-refractivity contribution is 5.81. The number of carbonyl (C=O) groups excluding carboxylic acids is 1. The molecule has 0 aromatic heterocycles. The number of carboxylic acids is 1. The number of hydrogen-bond donors (Lipinski definition) is 3. The number of nitrogens with one attached hydrogen (secondary N) is 2. The van der Waals surface area contributed by atoms with Gasteiger partial charge < -0.3 is 15.7 Å². The summed E-state index contributed by atoms with van der Waals surface area (Å²) in [5.74, 6) is -0.918. The summed E-state index contributed by atoms with van der Waals surface area (Å²) in [4.78, 5) is 22.6. The Hall–Kier alpha value is -1.88. The molecule has 1 atom stereocenters. The predicted molar refractivity (Wildman–Crippen MR) is 77.4 cm³/mol. The van der Waals surface area contributed by atoms with Crippen LogP contribution >= 0.6 is 0 Å². The van der Waals surface area contributed by atoms with E-state index in [1.807, 2.05) is 32.0 Å². The molecule has 5 heteroatoms. The zero-order chi connectivity index (χ0) is 15.1. The fourth-order valence-electron chi connectivity index (χ4n) is 1.83. The van der Waals surface area contributed by atoms with Gasteiger partial charge in [0.1, 0.15) is 0 Å². The minimum atomic E-state index is -0.858. The molecule has 0 aliphatic rings. The van der Waals surface area contributed by atoms with Crippen LogP contribution in [0.3, 0.4) is 0 Å². The molecule has 0 fully saturated rings. The van der Waals surface area contributed by atoms with Gasteiger partial charge in [-0.25, -0.2) is 0 Å². The van der Waals surface area contributed by atoms with E-state index < -0.39 is 5.97 Å². The topological polar surface area (TPSA) is 78.4 Å². The quantitative estimate of drug-likeness (QED) is 0.703. The molecule has 0 saturated carbocycles. The first-order valence-electron chi connectivity index (χ1n) is 6.72. The third-order valence-electron chi connectivity index (χ3n) is 2.88. The first-order valence-corrected chi connectivity index (χ1v) is 6.72. The van der Waals surface area contributed by atoms with Crippen LogP contribution in [0.4, 0.5) is 0 Å². The zero-order valence-electron chi connectivity index (χ0n) is 12.1. The number of carbonyl (C=O) groups is 2. The minimum Gasteiger partial charge on any atom is -0.481 e. The zero-order valence-corrected chi connectivity index (χ0v) is 12.1. The summed E-state index contributed by atoms with van der Waals surface area (Å²) in [6.07, 6.45) is -0.00950. The van der Waals surface area contributed by atoms with Crippen LogP contribution < -0.4 is 10.6 Å². The first kappa shape index (κ1) is 16.2. The molecule has 0 saturated heterocycles. The summed E-state index contributed by atoms with van der Waals surface area (Å²) >= 11 is 0. The molecule has 0 spiro atoms. The van der Waals surface area contributed by atoms with Crippen molar-refractivity contribution in [1.29, 1.82) is 0 Å². The maximum Gasteiger partial charge on any atom is 0.307 e. The van der Waals surface area contributed by atoms with Crippen LogP contribution in [0, 0.1) is 0 Å². The van der Waals surface area contributed by atoms with Crippen LogP contribution in [0.1, 0.15) is 31.9 Å². The van der Waals surface area contributed by atoms with Crippen molar-refractivity contribution >= 4 is 11.9 Å². The fourth-order valence-corrected chi connectivity index (χ4v) is 1.83. The average Bonchev–Trinajstić information content (AvgIpc) is 2.35. The van der Waals surface area contributed by atoms with Crippen LogP contribution in [-0.4, -0.2) is 29.1 Å². The molecule has 0 aliphatic carbocycles. The molecule has 1 aromatic rings. The summed E-state index contributed by atoms with van der Waals surface area (Å²) in [6.45, 7) is 6.08. The highest BCUT2D eigenvalue weighted by atomic mass is 16.4. The molecule has 0 heterocycles. The third kappa shape index (κ3) is 5.40. The maximum absolute atomic E-state index is 11.8. The Labute approximate surface area is 119 Å². The Morgan fingerprint density at radius 3 is 2.30 bits per heavy atom. The molecule has 0 bridgehead atoms. The van der Waals surface area contributed by atoms with Crippen molar-refractivity contribution in [3.05, 3.63) is 35.4 Å². The summed E-state index contributed by atoms with van der Waals surface area (Å²) in [7, 11) is 0. The van der Waals surface area contributed by atoms with Crippen molar-refractivity contribution in [2.24, 2.45) is 0 Å². The van der Waals surface area contributed by atoms with Crippen LogP contribution in [0.2, 0.25) is 0 Å². The second-order valence-corrected chi connectivity index (χ2v) is 5.11. The van der Waals surface area contributed by atoms with Gasteiger partial charge in [0.05, 0.1) is 12.5 Å². The number of benzene rings is 1. The van der Waals surface area contributed by atoms with Gasteiger partial charge >= 0.3 is 5.97 Å². The molecule has 1 unspecified atom stereocenters. The molecule has 0 aliphatic heterocycles. The molecule has 1 rings (SSSR count). The first-order chi connectivity index (χ1) is 9.40. The van der Waals surface area contributed by atoms with Gasteiger partial charge in [-0.3, -0.25) is 9.59 Å². The largest absolute Gasteiger partial charge is 0.481 e. The smallest absolute Gasteiger partial charge is 0.307 e. The maximum atomic E-state index is 11.8. The number of hydrogen-bond acceptors (Lipinski definition) is 3. The van der Waals surface area contributed by atoms with E-state index in [1.54, 1.807) is 13.0 Å². The van der Waals surface area contributed by atoms with Crippen molar-refractivity contribution in [3.63, 3.8) is 0 Å². The highest BCUT2D eigenvalue weighted by Gasteiger charge is 2.14. The van der Waals surface area contributed by atoms with Gasteiger partial charge in [0.15, 0.2) is 0 Å². The third-order valence-corrected chi connectivity index (χ3v) is 2.88. The lowest BCUT2D eigenvalue weighted by molar-refractivity contribution is -0.136. The van der Waals surface area contributed by atoms with Gasteiger partial charge in [-0.05, 0) is 31.9 Å². The van der Waals surface area contributed by atoms with E-state index in [1.165, 1.54) is 0 Å². The van der Waals surface area contributed by atoms with Crippen molar-refractivity contribution in [3.8, 4) is 0 Å². The molecular weight excluding hydrogens is 256 g/mol. The average molecular weight is 278 g/mol. The molecule has 5 nitrogen and oxygen atoms in total. The van der Waals surface area contributed by atoms with Gasteiger partial charge in [-0.15, -0.1) is 0 Å². The van der Waals surface area contributed by atoms with Crippen molar-refractivity contribution in [2.45, 2.75) is 45.8 Å². The lowest BCUT2D eigenvalue weighted by Gasteiger charge is -2.17. The molecule has 20 heavy (non-hydrogen) atoms. The Kier molecular flexibility index (Phi) is 6.18. The van der Waals surface area contributed by atoms with E-state index in [4.69, 9.17) is 5.11 Å². The van der Waals surface area contributed by atoms with Gasteiger partial charge in [0, 0.05) is 12.6 Å². The summed E-state index contributed by atoms with van der Waals surface area (Å²) in [6, 6.07) is 7.13. The summed E-state index contributed by atoms with van der Waals surface area (Å²) < 4.78 is 0. The predicted octanol–water partition coefficient (Wildman–Crippen LogP) is 1.32. The Bertz CT molecular complexity index is 472. The second-order valence-electron chi connectivity index (χ2n) is 5.11. The number of rotatable bonds is 7. The lowest BCUT2D eigenvalue weighted by Crippen LogP contribution is -2.44. The number of carboxylic acid groups (broad SMARTS) is 1. The standard InChI is InChI=1S/C15H22N2O3/c1-10(2)17-15(20)11(3)16-9-13-7-5-4-6-12(13)8-14(18)19/h4-7,10-11,16H,8-9H2,1-3H3,(H,17,20)(H,18,19). The summed E-state index contributed by atoms with van der Waals surface area (Å²) in [5, 5.41) is 14.8. The van der Waals surface area contributed by atoms with Crippen molar-refractivity contribution in [1.82, 2.24) is 10.6 Å². The van der Waals surface area contributed by atoms with E-state index in [2.05, 4.69) is 10.6 Å². The van der Waals surface area contributed by atoms with Crippen LogP contribution in [-0.2, 0) is 22.6 Å². The Morgan fingerprint density at radius 2 is 1.75 bits per heavy atom. The van der Waals surface area contributed by atoms with Gasteiger partial charge in [0.2, 0.25) is 5.91 Å². The lowest BCUT2D eigenvalue weighted by atomic mass is 10.0. The minimum absolute atomic E-state index is 0.00950. The molecule has 3 N–H and O–H groups in total. The molecule has 110 valence electrons. The van der Waals surface area contributed by atoms with E-state index in [9.17, 15) is 9.59 Å². The Morgan fingerprint density at radius 1 is 1.15 bits per heavy atom. The SMILES string of the molecule is CC(C)NC(=O)C(C)NCc1ccccc1CC(=O)O. The molecular formula is C15H22N2O3. The van der Waals surface area contributed by atoms with E-state index >= 15 is 0 Å². The Balaban J connectivity index is 2.61. The van der Waals surface area contributed by atoms with Gasteiger partial charge in [-0.1, -0.05) is 24.3 Å². The van der Waals surface area contributed by atoms with Crippen LogP contribution in [0.15, 0.2) is 24.3 Å². The van der Waals surface area contributed by atoms with E-state index in [0.29, 0.717) is 6.54 Å². The van der Waals surface area contributed by atoms with Crippen LogP contribution in [0.25, 0.3) is 0 Å². The van der Waals surface area contributed by atoms with Crippen molar-refractivity contribution in [2.75, 3.05) is 0 Å². The van der Waals surface area contributed by atoms with E-state index in [0.717, 1.165) is 11.1 Å². The number of aliphatic carboxylic acids is 1. The highest BCUT2D eigenvalue weighted by Crippen LogP contribution is 2.09. The van der Waals surface area contributed by atoms with Crippen molar-refractivity contribution < 1.29 is 14.7 Å². The monoisotopic (exact) mass is 278 g/mol. The fraction of sp³-hybridized carbons (Fsp3) is 0.467. The molecule has 1 amide bonds. The summed E-state index contributed by atoms with van der Waals surface area (Å²) in [5.41, 5.74) is 1.67. The van der Waals surface area contributed by atoms with Gasteiger partial charge in [-0.2, -0.15) is 0 Å². The van der Waals surface area contributed by atoms with Crippen LogP contribution in [0.5, 0.6) is 0 Å². The molecule has 0 radical (unpaired) electrons.